The van der Waals surface area contributed by atoms with E-state index in [9.17, 15) is 4.79 Å². The predicted molar refractivity (Wildman–Crippen MR) is 130 cm³/mol. The van der Waals surface area contributed by atoms with Crippen LogP contribution < -0.4 is 20.3 Å². The predicted octanol–water partition coefficient (Wildman–Crippen LogP) is 4.18. The van der Waals surface area contributed by atoms with E-state index in [4.69, 9.17) is 17.0 Å². The number of carbonyl (C=O) groups is 1. The number of hydrogen-bond donors (Lipinski definition) is 2. The molecule has 1 amide bonds. The van der Waals surface area contributed by atoms with Gasteiger partial charge in [-0.15, -0.1) is 0 Å². The SMILES string of the molecule is COc1ccc(N2C(=S)N[C@H](c3ccccn3)[C@@H]2c2cc(C)n(C)c2C)cc1NC(C)=O. The molecule has 166 valence electrons. The molecule has 0 spiro atoms. The first-order valence-electron chi connectivity index (χ1n) is 10.4. The van der Waals surface area contributed by atoms with Gasteiger partial charge in [0.05, 0.1) is 30.6 Å². The maximum absolute atomic E-state index is 11.8. The summed E-state index contributed by atoms with van der Waals surface area (Å²) in [6.07, 6.45) is 1.80. The lowest BCUT2D eigenvalue weighted by Gasteiger charge is -2.28. The molecule has 3 heterocycles. The fourth-order valence-electron chi connectivity index (χ4n) is 4.27. The van der Waals surface area contributed by atoms with Crippen LogP contribution in [-0.4, -0.2) is 27.7 Å². The first kappa shape index (κ1) is 21.8. The number of benzene rings is 1. The van der Waals surface area contributed by atoms with Gasteiger partial charge < -0.3 is 24.8 Å². The number of aryl methyl sites for hydroxylation is 1. The van der Waals surface area contributed by atoms with E-state index in [1.165, 1.54) is 23.9 Å². The first-order chi connectivity index (χ1) is 15.3. The molecule has 1 saturated heterocycles. The number of nitrogens with zero attached hydrogens (tertiary/aromatic N) is 3. The molecular weight excluding hydrogens is 422 g/mol. The zero-order chi connectivity index (χ0) is 23.0. The number of aromatic nitrogens is 2. The van der Waals surface area contributed by atoms with E-state index in [-0.39, 0.29) is 18.0 Å². The second kappa shape index (κ2) is 8.63. The minimum absolute atomic E-state index is 0.115. The number of thiocarbonyl (C=S) groups is 1. The van der Waals surface area contributed by atoms with Gasteiger partial charge in [-0.1, -0.05) is 6.07 Å². The standard InChI is InChI=1S/C24H27N5O2S/c1-14-12-18(15(2)28(14)4)23-22(19-8-6-7-11-25-19)27-24(32)29(23)17-9-10-21(31-5)20(13-17)26-16(3)30/h6-13,22-23H,1-5H3,(H,26,30)(H,27,32)/t22-,23+/m1/s1. The highest BCUT2D eigenvalue weighted by Gasteiger charge is 2.42. The number of methoxy groups -OCH3 is 1. The zero-order valence-electron chi connectivity index (χ0n) is 18.8. The van der Waals surface area contributed by atoms with E-state index in [1.54, 1.807) is 13.3 Å². The molecule has 1 aromatic carbocycles. The topological polar surface area (TPSA) is 71.4 Å². The third-order valence-corrected chi connectivity index (χ3v) is 6.32. The Hall–Kier alpha value is -3.39. The van der Waals surface area contributed by atoms with Gasteiger partial charge in [-0.2, -0.15) is 0 Å². The second-order valence-corrected chi connectivity index (χ2v) is 8.33. The Balaban J connectivity index is 1.87. The third kappa shape index (κ3) is 3.82. The van der Waals surface area contributed by atoms with Gasteiger partial charge in [0, 0.05) is 37.2 Å². The summed E-state index contributed by atoms with van der Waals surface area (Å²) in [6, 6.07) is 13.6. The van der Waals surface area contributed by atoms with Gasteiger partial charge in [0.1, 0.15) is 5.75 Å². The summed E-state index contributed by atoms with van der Waals surface area (Å²) in [5, 5.41) is 6.94. The molecule has 0 radical (unpaired) electrons. The summed E-state index contributed by atoms with van der Waals surface area (Å²) in [7, 11) is 3.65. The third-order valence-electron chi connectivity index (χ3n) is 6.00. The number of carbonyl (C=O) groups excluding carboxylic acids is 1. The highest BCUT2D eigenvalue weighted by molar-refractivity contribution is 7.80. The van der Waals surface area contributed by atoms with Crippen LogP contribution in [0.5, 0.6) is 5.75 Å². The number of amides is 1. The molecular formula is C24H27N5O2S. The summed E-state index contributed by atoms with van der Waals surface area (Å²) in [6.45, 7) is 5.69. The van der Waals surface area contributed by atoms with Crippen molar-refractivity contribution in [1.29, 1.82) is 0 Å². The lowest BCUT2D eigenvalue weighted by atomic mass is 9.96. The highest BCUT2D eigenvalue weighted by atomic mass is 32.1. The maximum atomic E-state index is 11.8. The van der Waals surface area contributed by atoms with E-state index in [1.807, 2.05) is 36.4 Å². The molecule has 0 bridgehead atoms. The van der Waals surface area contributed by atoms with E-state index in [0.717, 1.165) is 11.4 Å². The van der Waals surface area contributed by atoms with Gasteiger partial charge in [0.25, 0.3) is 0 Å². The largest absolute Gasteiger partial charge is 0.495 e. The van der Waals surface area contributed by atoms with Crippen LogP contribution in [0.4, 0.5) is 11.4 Å². The molecule has 8 heteroatoms. The number of ether oxygens (including phenoxy) is 1. The van der Waals surface area contributed by atoms with Crippen molar-refractivity contribution < 1.29 is 9.53 Å². The summed E-state index contributed by atoms with van der Waals surface area (Å²) in [5.74, 6) is 0.423. The number of nitrogens with one attached hydrogen (secondary N) is 2. The van der Waals surface area contributed by atoms with Gasteiger partial charge in [-0.05, 0) is 68.0 Å². The summed E-state index contributed by atoms with van der Waals surface area (Å²) in [5.41, 5.74) is 5.88. The molecule has 2 atom stereocenters. The van der Waals surface area contributed by atoms with Crippen molar-refractivity contribution in [2.75, 3.05) is 17.3 Å². The van der Waals surface area contributed by atoms with Crippen molar-refractivity contribution >= 4 is 34.6 Å². The van der Waals surface area contributed by atoms with Crippen molar-refractivity contribution in [3.05, 3.63) is 71.3 Å². The molecule has 0 aliphatic carbocycles. The lowest BCUT2D eigenvalue weighted by molar-refractivity contribution is -0.114. The molecule has 0 unspecified atom stereocenters. The summed E-state index contributed by atoms with van der Waals surface area (Å²) < 4.78 is 7.62. The van der Waals surface area contributed by atoms with Gasteiger partial charge in [0.2, 0.25) is 5.91 Å². The molecule has 3 aromatic rings. The average Bonchev–Trinajstić information content (AvgIpc) is 3.25. The van der Waals surface area contributed by atoms with E-state index in [0.29, 0.717) is 16.5 Å². The van der Waals surface area contributed by atoms with Crippen molar-refractivity contribution in [1.82, 2.24) is 14.9 Å². The van der Waals surface area contributed by atoms with Gasteiger partial charge in [-0.25, -0.2) is 0 Å². The van der Waals surface area contributed by atoms with E-state index < -0.39 is 0 Å². The first-order valence-corrected chi connectivity index (χ1v) is 10.8. The number of pyridine rings is 1. The summed E-state index contributed by atoms with van der Waals surface area (Å²) in [4.78, 5) is 18.5. The molecule has 4 rings (SSSR count). The van der Waals surface area contributed by atoms with Crippen molar-refractivity contribution in [2.45, 2.75) is 32.9 Å². The van der Waals surface area contributed by atoms with Crippen LogP contribution in [0.25, 0.3) is 0 Å². The maximum Gasteiger partial charge on any atom is 0.221 e. The minimum atomic E-state index is -0.167. The second-order valence-electron chi connectivity index (χ2n) is 7.95. The Morgan fingerprint density at radius 2 is 2.00 bits per heavy atom. The minimum Gasteiger partial charge on any atom is -0.495 e. The quantitative estimate of drug-likeness (QED) is 0.570. The normalized spacial score (nSPS) is 17.9. The Kier molecular flexibility index (Phi) is 5.88. The Morgan fingerprint density at radius 3 is 2.59 bits per heavy atom. The molecule has 1 fully saturated rings. The van der Waals surface area contributed by atoms with Gasteiger partial charge >= 0.3 is 0 Å². The zero-order valence-corrected chi connectivity index (χ0v) is 19.7. The van der Waals surface area contributed by atoms with Crippen LogP contribution in [0.3, 0.4) is 0 Å². The number of rotatable bonds is 5. The fourth-order valence-corrected chi connectivity index (χ4v) is 4.61. The van der Waals surface area contributed by atoms with E-state index in [2.05, 4.69) is 52.0 Å². The van der Waals surface area contributed by atoms with Crippen molar-refractivity contribution in [3.8, 4) is 5.75 Å². The molecule has 1 aliphatic rings. The van der Waals surface area contributed by atoms with Crippen LogP contribution in [-0.2, 0) is 11.8 Å². The van der Waals surface area contributed by atoms with Crippen LogP contribution in [0.15, 0.2) is 48.7 Å². The van der Waals surface area contributed by atoms with Gasteiger partial charge in [0.15, 0.2) is 5.11 Å². The Bertz CT molecular complexity index is 1170. The molecule has 2 N–H and O–H groups in total. The molecule has 1 aliphatic heterocycles. The molecule has 7 nitrogen and oxygen atoms in total. The highest BCUT2D eigenvalue weighted by Crippen LogP contribution is 2.44. The molecule has 2 aromatic heterocycles. The van der Waals surface area contributed by atoms with Gasteiger partial charge in [-0.3, -0.25) is 9.78 Å². The van der Waals surface area contributed by atoms with Crippen LogP contribution in [0.2, 0.25) is 0 Å². The Labute approximate surface area is 193 Å². The monoisotopic (exact) mass is 449 g/mol. The van der Waals surface area contributed by atoms with Crippen LogP contribution in [0.1, 0.15) is 41.7 Å². The smallest absolute Gasteiger partial charge is 0.221 e. The number of hydrogen-bond acceptors (Lipinski definition) is 4. The van der Waals surface area contributed by atoms with Crippen molar-refractivity contribution in [2.24, 2.45) is 7.05 Å². The fraction of sp³-hybridized carbons (Fsp3) is 0.292. The average molecular weight is 450 g/mol. The van der Waals surface area contributed by atoms with Crippen molar-refractivity contribution in [3.63, 3.8) is 0 Å². The number of anilines is 2. The van der Waals surface area contributed by atoms with Crippen LogP contribution in [0, 0.1) is 13.8 Å². The molecule has 32 heavy (non-hydrogen) atoms. The lowest BCUT2D eigenvalue weighted by Crippen LogP contribution is -2.29. The Morgan fingerprint density at radius 1 is 1.22 bits per heavy atom. The molecule has 0 saturated carbocycles. The van der Waals surface area contributed by atoms with E-state index >= 15 is 0 Å². The van der Waals surface area contributed by atoms with Crippen LogP contribution >= 0.6 is 12.2 Å². The summed E-state index contributed by atoms with van der Waals surface area (Å²) >= 11 is 5.81.